The number of ether oxygens (including phenoxy) is 2. The molecular weight excluding hydrogens is 362 g/mol. The Hall–Kier alpha value is -2.48. The minimum atomic E-state index is -0.211. The number of rotatable bonds is 3. The van der Waals surface area contributed by atoms with Gasteiger partial charge in [0.05, 0.1) is 13.2 Å². The number of hydrogen-bond donors (Lipinski definition) is 0. The zero-order chi connectivity index (χ0) is 18.9. The molecule has 1 spiro atoms. The Morgan fingerprint density at radius 2 is 1.89 bits per heavy atom. The Morgan fingerprint density at radius 3 is 2.63 bits per heavy atom. The van der Waals surface area contributed by atoms with Gasteiger partial charge in [-0.05, 0) is 48.9 Å². The van der Waals surface area contributed by atoms with E-state index in [0.717, 1.165) is 36.4 Å². The van der Waals surface area contributed by atoms with Crippen LogP contribution in [0.2, 0.25) is 5.02 Å². The standard InChI is InChI=1S/C22H20ClNO3/c1-2-26-21(25)13-24-14-22(15-24)12-18-8-5-17(11-20(18)27-22)4-3-16-6-9-19(23)10-7-16/h5-11H,2,12-15H2,1H3. The summed E-state index contributed by atoms with van der Waals surface area (Å²) >= 11 is 5.90. The van der Waals surface area contributed by atoms with E-state index in [1.165, 1.54) is 5.56 Å². The van der Waals surface area contributed by atoms with Crippen molar-refractivity contribution in [1.29, 1.82) is 0 Å². The predicted octanol–water partition coefficient (Wildman–Crippen LogP) is 3.29. The molecule has 1 saturated heterocycles. The maximum absolute atomic E-state index is 11.6. The third kappa shape index (κ3) is 3.95. The molecule has 1 fully saturated rings. The van der Waals surface area contributed by atoms with Crippen molar-refractivity contribution in [2.24, 2.45) is 0 Å². The molecule has 2 aliphatic heterocycles. The summed E-state index contributed by atoms with van der Waals surface area (Å²) in [4.78, 5) is 13.7. The molecule has 0 unspecified atom stereocenters. The van der Waals surface area contributed by atoms with E-state index in [2.05, 4.69) is 22.8 Å². The van der Waals surface area contributed by atoms with E-state index in [-0.39, 0.29) is 11.6 Å². The quantitative estimate of drug-likeness (QED) is 0.604. The number of nitrogens with zero attached hydrogens (tertiary/aromatic N) is 1. The molecule has 4 nitrogen and oxygen atoms in total. The van der Waals surface area contributed by atoms with Crippen molar-refractivity contribution >= 4 is 17.6 Å². The van der Waals surface area contributed by atoms with E-state index in [9.17, 15) is 4.79 Å². The third-order valence-corrected chi connectivity index (χ3v) is 5.04. The van der Waals surface area contributed by atoms with Gasteiger partial charge in [0.1, 0.15) is 11.4 Å². The molecule has 0 aliphatic carbocycles. The van der Waals surface area contributed by atoms with Gasteiger partial charge in [0.25, 0.3) is 0 Å². The highest BCUT2D eigenvalue weighted by Gasteiger charge is 2.49. The van der Waals surface area contributed by atoms with Crippen molar-refractivity contribution in [1.82, 2.24) is 4.90 Å². The summed E-state index contributed by atoms with van der Waals surface area (Å²) in [5.41, 5.74) is 2.83. The number of likely N-dealkylation sites (tertiary alicyclic amines) is 1. The van der Waals surface area contributed by atoms with Gasteiger partial charge in [0.2, 0.25) is 0 Å². The third-order valence-electron chi connectivity index (χ3n) is 4.78. The van der Waals surface area contributed by atoms with Crippen LogP contribution in [0, 0.1) is 11.8 Å². The first kappa shape index (κ1) is 17.9. The molecule has 2 aromatic carbocycles. The van der Waals surface area contributed by atoms with Crippen LogP contribution in [0.3, 0.4) is 0 Å². The van der Waals surface area contributed by atoms with Gasteiger partial charge in [0.15, 0.2) is 0 Å². The minimum Gasteiger partial charge on any atom is -0.484 e. The Labute approximate surface area is 164 Å². The molecule has 0 aromatic heterocycles. The van der Waals surface area contributed by atoms with Gasteiger partial charge in [-0.2, -0.15) is 0 Å². The lowest BCUT2D eigenvalue weighted by molar-refractivity contribution is -0.149. The largest absolute Gasteiger partial charge is 0.484 e. The zero-order valence-corrected chi connectivity index (χ0v) is 15.9. The molecule has 0 N–H and O–H groups in total. The van der Waals surface area contributed by atoms with Crippen LogP contribution in [-0.2, 0) is 16.0 Å². The summed E-state index contributed by atoms with van der Waals surface area (Å²) in [5.74, 6) is 7.04. The second-order valence-corrected chi connectivity index (χ2v) is 7.43. The highest BCUT2D eigenvalue weighted by atomic mass is 35.5. The smallest absolute Gasteiger partial charge is 0.320 e. The topological polar surface area (TPSA) is 38.8 Å². The molecule has 0 saturated carbocycles. The number of fused-ring (bicyclic) bond motifs is 1. The van der Waals surface area contributed by atoms with Crippen molar-refractivity contribution in [2.45, 2.75) is 18.9 Å². The summed E-state index contributed by atoms with van der Waals surface area (Å²) in [5, 5.41) is 0.703. The van der Waals surface area contributed by atoms with Crippen LogP contribution in [0.15, 0.2) is 42.5 Å². The second-order valence-electron chi connectivity index (χ2n) is 6.99. The SMILES string of the molecule is CCOC(=O)CN1CC2(Cc3ccc(C#Cc4ccc(Cl)cc4)cc3O2)C1. The number of carbonyl (C=O) groups is 1. The van der Waals surface area contributed by atoms with Crippen molar-refractivity contribution in [3.8, 4) is 17.6 Å². The van der Waals surface area contributed by atoms with Gasteiger partial charge >= 0.3 is 5.97 Å². The van der Waals surface area contributed by atoms with Gasteiger partial charge < -0.3 is 9.47 Å². The highest BCUT2D eigenvalue weighted by molar-refractivity contribution is 6.30. The lowest BCUT2D eigenvalue weighted by atomic mass is 9.89. The van der Waals surface area contributed by atoms with Gasteiger partial charge in [-0.15, -0.1) is 0 Å². The van der Waals surface area contributed by atoms with Gasteiger partial charge in [0, 0.05) is 35.7 Å². The number of hydrogen-bond acceptors (Lipinski definition) is 4. The lowest BCUT2D eigenvalue weighted by Crippen LogP contribution is -2.65. The van der Waals surface area contributed by atoms with E-state index in [4.69, 9.17) is 21.1 Å². The fraction of sp³-hybridized carbons (Fsp3) is 0.318. The molecule has 0 radical (unpaired) electrons. The first-order chi connectivity index (χ1) is 13.0. The first-order valence-electron chi connectivity index (χ1n) is 9.03. The highest BCUT2D eigenvalue weighted by Crippen LogP contribution is 2.40. The summed E-state index contributed by atoms with van der Waals surface area (Å²) < 4.78 is 11.2. The monoisotopic (exact) mass is 381 g/mol. The fourth-order valence-corrected chi connectivity index (χ4v) is 3.74. The van der Waals surface area contributed by atoms with E-state index < -0.39 is 0 Å². The molecule has 0 amide bonds. The van der Waals surface area contributed by atoms with Crippen LogP contribution in [0.25, 0.3) is 0 Å². The second kappa shape index (κ2) is 7.26. The molecule has 0 bridgehead atoms. The molecular formula is C22H20ClNO3. The summed E-state index contributed by atoms with van der Waals surface area (Å²) in [6, 6.07) is 13.6. The maximum atomic E-state index is 11.6. The van der Waals surface area contributed by atoms with Gasteiger partial charge in [-0.25, -0.2) is 0 Å². The normalized spacial score (nSPS) is 16.7. The van der Waals surface area contributed by atoms with Crippen molar-refractivity contribution < 1.29 is 14.3 Å². The average molecular weight is 382 g/mol. The van der Waals surface area contributed by atoms with Gasteiger partial charge in [-0.3, -0.25) is 9.69 Å². The van der Waals surface area contributed by atoms with Crippen LogP contribution in [0.5, 0.6) is 5.75 Å². The first-order valence-corrected chi connectivity index (χ1v) is 9.41. The van der Waals surface area contributed by atoms with Crippen LogP contribution >= 0.6 is 11.6 Å². The summed E-state index contributed by atoms with van der Waals surface area (Å²) in [6.45, 7) is 4.05. The summed E-state index contributed by atoms with van der Waals surface area (Å²) in [7, 11) is 0. The van der Waals surface area contributed by atoms with Crippen LogP contribution < -0.4 is 4.74 Å². The summed E-state index contributed by atoms with van der Waals surface area (Å²) in [6.07, 6.45) is 0.868. The molecule has 5 heteroatoms. The predicted molar refractivity (Wildman–Crippen MR) is 104 cm³/mol. The van der Waals surface area contributed by atoms with Crippen molar-refractivity contribution in [2.75, 3.05) is 26.2 Å². The number of benzene rings is 2. The number of esters is 1. The average Bonchev–Trinajstić information content (AvgIpc) is 3.00. The van der Waals surface area contributed by atoms with Crippen LogP contribution in [0.1, 0.15) is 23.6 Å². The van der Waals surface area contributed by atoms with Gasteiger partial charge in [-0.1, -0.05) is 29.5 Å². The van der Waals surface area contributed by atoms with E-state index >= 15 is 0 Å². The van der Waals surface area contributed by atoms with Crippen molar-refractivity contribution in [3.63, 3.8) is 0 Å². The van der Waals surface area contributed by atoms with Crippen LogP contribution in [0.4, 0.5) is 0 Å². The number of carbonyl (C=O) groups excluding carboxylic acids is 1. The zero-order valence-electron chi connectivity index (χ0n) is 15.1. The van der Waals surface area contributed by atoms with Crippen molar-refractivity contribution in [3.05, 3.63) is 64.2 Å². The molecule has 27 heavy (non-hydrogen) atoms. The molecule has 2 aromatic rings. The fourth-order valence-electron chi connectivity index (χ4n) is 3.61. The lowest BCUT2D eigenvalue weighted by Gasteiger charge is -2.46. The Bertz CT molecular complexity index is 921. The Morgan fingerprint density at radius 1 is 1.19 bits per heavy atom. The number of halogens is 1. The Kier molecular flexibility index (Phi) is 4.82. The minimum absolute atomic E-state index is 0.178. The molecule has 138 valence electrons. The molecule has 4 rings (SSSR count). The van der Waals surface area contributed by atoms with E-state index in [1.807, 2.05) is 43.3 Å². The molecule has 2 aliphatic rings. The van der Waals surface area contributed by atoms with E-state index in [1.54, 1.807) is 0 Å². The molecule has 2 heterocycles. The maximum Gasteiger partial charge on any atom is 0.320 e. The van der Waals surface area contributed by atoms with E-state index in [0.29, 0.717) is 18.2 Å². The van der Waals surface area contributed by atoms with Crippen LogP contribution in [-0.4, -0.2) is 42.7 Å². The Balaban J connectivity index is 1.40. The molecule has 0 atom stereocenters.